The molecule has 4 nitrogen and oxygen atoms in total. The Kier molecular flexibility index (Phi) is 1.89. The summed E-state index contributed by atoms with van der Waals surface area (Å²) < 4.78 is 0. The maximum atomic E-state index is 4.19. The van der Waals surface area contributed by atoms with Gasteiger partial charge in [0.2, 0.25) is 5.95 Å². The van der Waals surface area contributed by atoms with Crippen molar-refractivity contribution in [3.8, 4) is 0 Å². The number of nitrogens with one attached hydrogen (secondary N) is 1. The molecule has 1 heterocycles. The van der Waals surface area contributed by atoms with Crippen LogP contribution >= 0.6 is 0 Å². The normalized spacial score (nSPS) is 16.1. The number of anilines is 1. The van der Waals surface area contributed by atoms with E-state index in [4.69, 9.17) is 0 Å². The summed E-state index contributed by atoms with van der Waals surface area (Å²) in [7, 11) is 0. The van der Waals surface area contributed by atoms with Gasteiger partial charge in [0.15, 0.2) is 0 Å². The summed E-state index contributed by atoms with van der Waals surface area (Å²) in [6.45, 7) is 2.90. The highest BCUT2D eigenvalue weighted by Gasteiger charge is 2.20. The summed E-state index contributed by atoms with van der Waals surface area (Å²) in [5.74, 6) is 1.50. The predicted molar refractivity (Wildman–Crippen MR) is 45.8 cm³/mol. The molecule has 0 atom stereocenters. The zero-order chi connectivity index (χ0) is 8.39. The first-order valence-electron chi connectivity index (χ1n) is 4.25. The minimum Gasteiger partial charge on any atom is -0.353 e. The van der Waals surface area contributed by atoms with Crippen LogP contribution < -0.4 is 5.32 Å². The fraction of sp³-hybridized carbons (Fsp3) is 0.625. The van der Waals surface area contributed by atoms with Crippen LogP contribution in [0, 0.1) is 12.8 Å². The number of nitrogens with zero attached hydrogens (tertiary/aromatic N) is 3. The van der Waals surface area contributed by atoms with Crippen molar-refractivity contribution in [2.75, 3.05) is 11.9 Å². The van der Waals surface area contributed by atoms with Gasteiger partial charge in [-0.3, -0.25) is 0 Å². The summed E-state index contributed by atoms with van der Waals surface area (Å²) in [6, 6.07) is 0. The summed E-state index contributed by atoms with van der Waals surface area (Å²) in [4.78, 5) is 4.19. The van der Waals surface area contributed by atoms with Crippen molar-refractivity contribution in [2.45, 2.75) is 19.8 Å². The lowest BCUT2D eigenvalue weighted by Crippen LogP contribution is -2.07. The van der Waals surface area contributed by atoms with Crippen LogP contribution in [-0.4, -0.2) is 21.7 Å². The van der Waals surface area contributed by atoms with Crippen molar-refractivity contribution in [1.82, 2.24) is 15.2 Å². The lowest BCUT2D eigenvalue weighted by atomic mass is 10.4. The third kappa shape index (κ3) is 1.90. The Morgan fingerprint density at radius 3 is 3.08 bits per heavy atom. The molecule has 1 aliphatic rings. The lowest BCUT2D eigenvalue weighted by molar-refractivity contribution is 0.850. The van der Waals surface area contributed by atoms with Crippen LogP contribution in [0.5, 0.6) is 0 Å². The van der Waals surface area contributed by atoms with Crippen LogP contribution in [0.15, 0.2) is 6.20 Å². The predicted octanol–water partition coefficient (Wildman–Crippen LogP) is 1.00. The molecule has 1 aromatic heterocycles. The Morgan fingerprint density at radius 2 is 2.42 bits per heavy atom. The van der Waals surface area contributed by atoms with Gasteiger partial charge in [0.1, 0.15) is 0 Å². The van der Waals surface area contributed by atoms with E-state index in [-0.39, 0.29) is 0 Å². The van der Waals surface area contributed by atoms with E-state index < -0.39 is 0 Å². The Balaban J connectivity index is 1.92. The third-order valence-electron chi connectivity index (χ3n) is 1.93. The molecule has 0 unspecified atom stereocenters. The van der Waals surface area contributed by atoms with Crippen molar-refractivity contribution in [1.29, 1.82) is 0 Å². The molecule has 0 aliphatic heterocycles. The number of hydrogen-bond acceptors (Lipinski definition) is 4. The summed E-state index contributed by atoms with van der Waals surface area (Å²) >= 11 is 0. The summed E-state index contributed by atoms with van der Waals surface area (Å²) in [5, 5.41) is 10.8. The number of aromatic nitrogens is 3. The molecular formula is C8H12N4. The molecular weight excluding hydrogens is 152 g/mol. The number of aryl methyl sites for hydroxylation is 1. The van der Waals surface area contributed by atoms with Gasteiger partial charge in [-0.2, -0.15) is 5.10 Å². The van der Waals surface area contributed by atoms with Gasteiger partial charge in [0.05, 0.1) is 11.9 Å². The second-order valence-electron chi connectivity index (χ2n) is 3.25. The molecule has 0 amide bonds. The molecule has 0 spiro atoms. The van der Waals surface area contributed by atoms with Crippen LogP contribution in [0.4, 0.5) is 5.95 Å². The number of rotatable bonds is 3. The Labute approximate surface area is 71.4 Å². The zero-order valence-electron chi connectivity index (χ0n) is 7.12. The first kappa shape index (κ1) is 7.46. The van der Waals surface area contributed by atoms with E-state index in [1.807, 2.05) is 6.92 Å². The molecule has 0 aromatic carbocycles. The quantitative estimate of drug-likeness (QED) is 0.724. The van der Waals surface area contributed by atoms with Crippen LogP contribution in [0.3, 0.4) is 0 Å². The van der Waals surface area contributed by atoms with Gasteiger partial charge in [0.25, 0.3) is 0 Å². The second kappa shape index (κ2) is 3.05. The molecule has 4 heteroatoms. The fourth-order valence-corrected chi connectivity index (χ4v) is 1.02. The van der Waals surface area contributed by atoms with Crippen molar-refractivity contribution in [3.05, 3.63) is 11.9 Å². The van der Waals surface area contributed by atoms with Gasteiger partial charge in [-0.25, -0.2) is 4.98 Å². The molecule has 1 N–H and O–H groups in total. The van der Waals surface area contributed by atoms with Gasteiger partial charge >= 0.3 is 0 Å². The SMILES string of the molecule is Cc1cnnc(NCC2CC2)n1. The molecule has 1 fully saturated rings. The van der Waals surface area contributed by atoms with Crippen molar-refractivity contribution >= 4 is 5.95 Å². The Bertz CT molecular complexity index is 270. The topological polar surface area (TPSA) is 50.7 Å². The van der Waals surface area contributed by atoms with Crippen LogP contribution in [0.1, 0.15) is 18.5 Å². The smallest absolute Gasteiger partial charge is 0.242 e. The molecule has 0 radical (unpaired) electrons. The molecule has 1 saturated carbocycles. The van der Waals surface area contributed by atoms with E-state index in [0.29, 0.717) is 5.95 Å². The molecule has 64 valence electrons. The Morgan fingerprint density at radius 1 is 1.58 bits per heavy atom. The maximum absolute atomic E-state index is 4.19. The Hall–Kier alpha value is -1.19. The van der Waals surface area contributed by atoms with Crippen molar-refractivity contribution in [3.63, 3.8) is 0 Å². The first-order valence-corrected chi connectivity index (χ1v) is 4.25. The average molecular weight is 164 g/mol. The minimum atomic E-state index is 0.655. The summed E-state index contributed by atoms with van der Waals surface area (Å²) in [6.07, 6.45) is 4.33. The van der Waals surface area contributed by atoms with Crippen molar-refractivity contribution < 1.29 is 0 Å². The van der Waals surface area contributed by atoms with E-state index in [2.05, 4.69) is 20.5 Å². The monoisotopic (exact) mass is 164 g/mol. The van der Waals surface area contributed by atoms with Gasteiger partial charge in [-0.15, -0.1) is 5.10 Å². The highest BCUT2D eigenvalue weighted by atomic mass is 15.2. The molecule has 1 aliphatic carbocycles. The lowest BCUT2D eigenvalue weighted by Gasteiger charge is -2.01. The van der Waals surface area contributed by atoms with Gasteiger partial charge in [0, 0.05) is 6.54 Å². The maximum Gasteiger partial charge on any atom is 0.242 e. The molecule has 0 saturated heterocycles. The van der Waals surface area contributed by atoms with E-state index in [0.717, 1.165) is 18.2 Å². The fourth-order valence-electron chi connectivity index (χ4n) is 1.02. The second-order valence-corrected chi connectivity index (χ2v) is 3.25. The van der Waals surface area contributed by atoms with E-state index in [1.165, 1.54) is 12.8 Å². The van der Waals surface area contributed by atoms with E-state index >= 15 is 0 Å². The zero-order valence-corrected chi connectivity index (χ0v) is 7.12. The van der Waals surface area contributed by atoms with Gasteiger partial charge in [-0.1, -0.05) is 0 Å². The number of hydrogen-bond donors (Lipinski definition) is 1. The largest absolute Gasteiger partial charge is 0.353 e. The summed E-state index contributed by atoms with van der Waals surface area (Å²) in [5.41, 5.74) is 0.906. The molecule has 12 heavy (non-hydrogen) atoms. The van der Waals surface area contributed by atoms with Gasteiger partial charge < -0.3 is 5.32 Å². The highest BCUT2D eigenvalue weighted by molar-refractivity contribution is 5.22. The molecule has 2 rings (SSSR count). The standard InChI is InChI=1S/C8H12N4/c1-6-4-10-12-8(11-6)9-5-7-2-3-7/h4,7H,2-3,5H2,1H3,(H,9,11,12). The van der Waals surface area contributed by atoms with Crippen molar-refractivity contribution in [2.24, 2.45) is 5.92 Å². The van der Waals surface area contributed by atoms with Crippen LogP contribution in [-0.2, 0) is 0 Å². The minimum absolute atomic E-state index is 0.655. The van der Waals surface area contributed by atoms with Crippen LogP contribution in [0.25, 0.3) is 0 Å². The highest BCUT2D eigenvalue weighted by Crippen LogP contribution is 2.28. The molecule has 0 bridgehead atoms. The van der Waals surface area contributed by atoms with E-state index in [1.54, 1.807) is 6.20 Å². The third-order valence-corrected chi connectivity index (χ3v) is 1.93. The van der Waals surface area contributed by atoms with Crippen LogP contribution in [0.2, 0.25) is 0 Å². The average Bonchev–Trinajstić information content (AvgIpc) is 2.84. The first-order chi connectivity index (χ1) is 5.84. The van der Waals surface area contributed by atoms with Gasteiger partial charge in [-0.05, 0) is 25.7 Å². The van der Waals surface area contributed by atoms with E-state index in [9.17, 15) is 0 Å². The molecule has 1 aromatic rings.